The first-order chi connectivity index (χ1) is 12.8. The molecule has 0 spiro atoms. The Labute approximate surface area is 164 Å². The number of hydrogen-bond acceptors (Lipinski definition) is 4. The second kappa shape index (κ2) is 9.82. The lowest BCUT2D eigenvalue weighted by Gasteiger charge is -2.10. The average molecular weight is 437 g/mol. The molecule has 0 saturated heterocycles. The van der Waals surface area contributed by atoms with Gasteiger partial charge in [-0.2, -0.15) is 0 Å². The maximum atomic E-state index is 13.5. The van der Waals surface area contributed by atoms with Gasteiger partial charge in [-0.3, -0.25) is 14.4 Å². The summed E-state index contributed by atoms with van der Waals surface area (Å²) in [5.74, 6) is -2.28. The highest BCUT2D eigenvalue weighted by atomic mass is 79.9. The number of halogens is 2. The Morgan fingerprint density at radius 1 is 1.11 bits per heavy atom. The fourth-order valence-electron chi connectivity index (χ4n) is 2.19. The number of esters is 1. The summed E-state index contributed by atoms with van der Waals surface area (Å²) >= 11 is 3.33. The quantitative estimate of drug-likeness (QED) is 0.653. The van der Waals surface area contributed by atoms with E-state index in [9.17, 15) is 18.8 Å². The lowest BCUT2D eigenvalue weighted by atomic mass is 10.1. The summed E-state index contributed by atoms with van der Waals surface area (Å²) in [6, 6.07) is 11.2. The molecule has 0 aliphatic heterocycles. The smallest absolute Gasteiger partial charge is 0.310 e. The van der Waals surface area contributed by atoms with Crippen LogP contribution < -0.4 is 10.6 Å². The first-order valence-electron chi connectivity index (χ1n) is 8.07. The molecule has 0 saturated carbocycles. The van der Waals surface area contributed by atoms with Crippen molar-refractivity contribution in [3.63, 3.8) is 0 Å². The zero-order chi connectivity index (χ0) is 19.8. The second-order valence-corrected chi connectivity index (χ2v) is 6.63. The number of amides is 2. The summed E-state index contributed by atoms with van der Waals surface area (Å²) in [5, 5.41) is 5.03. The SMILES string of the molecule is Cc1cc(Br)ccc1NC(=O)CNC(=O)COC(=O)Cc1ccccc1F. The van der Waals surface area contributed by atoms with E-state index in [1.165, 1.54) is 18.2 Å². The Balaban J connectivity index is 1.71. The van der Waals surface area contributed by atoms with Gasteiger partial charge in [0.25, 0.3) is 5.91 Å². The van der Waals surface area contributed by atoms with E-state index in [4.69, 9.17) is 4.74 Å². The van der Waals surface area contributed by atoms with Gasteiger partial charge < -0.3 is 15.4 Å². The van der Waals surface area contributed by atoms with Crippen molar-refractivity contribution in [2.75, 3.05) is 18.5 Å². The van der Waals surface area contributed by atoms with Crippen molar-refractivity contribution in [3.8, 4) is 0 Å². The van der Waals surface area contributed by atoms with Gasteiger partial charge in [-0.05, 0) is 42.3 Å². The van der Waals surface area contributed by atoms with Crippen molar-refractivity contribution in [2.45, 2.75) is 13.3 Å². The molecule has 0 aliphatic carbocycles. The summed E-state index contributed by atoms with van der Waals surface area (Å²) in [7, 11) is 0. The topological polar surface area (TPSA) is 84.5 Å². The number of hydrogen-bond donors (Lipinski definition) is 2. The minimum absolute atomic E-state index is 0.187. The molecule has 8 heteroatoms. The van der Waals surface area contributed by atoms with Crippen LogP contribution in [0.15, 0.2) is 46.9 Å². The van der Waals surface area contributed by atoms with Crippen LogP contribution in [0.25, 0.3) is 0 Å². The van der Waals surface area contributed by atoms with Crippen LogP contribution in [0.2, 0.25) is 0 Å². The van der Waals surface area contributed by atoms with Crippen molar-refractivity contribution in [1.82, 2.24) is 5.32 Å². The van der Waals surface area contributed by atoms with Gasteiger partial charge in [0.05, 0.1) is 13.0 Å². The van der Waals surface area contributed by atoms with Crippen molar-refractivity contribution >= 4 is 39.4 Å². The van der Waals surface area contributed by atoms with Crippen LogP contribution in [-0.4, -0.2) is 30.9 Å². The number of carbonyl (C=O) groups is 3. The summed E-state index contributed by atoms with van der Waals surface area (Å²) < 4.78 is 19.1. The molecular formula is C19H18BrFN2O4. The Morgan fingerprint density at radius 3 is 2.56 bits per heavy atom. The number of anilines is 1. The molecule has 0 radical (unpaired) electrons. The summed E-state index contributed by atoms with van der Waals surface area (Å²) in [6.45, 7) is 1.03. The first kappa shape index (κ1) is 20.6. The summed E-state index contributed by atoms with van der Waals surface area (Å²) in [4.78, 5) is 35.2. The second-order valence-electron chi connectivity index (χ2n) is 5.71. The van der Waals surface area contributed by atoms with Crippen molar-refractivity contribution in [2.24, 2.45) is 0 Å². The standard InChI is InChI=1S/C19H18BrFN2O4/c1-12-8-14(20)6-7-16(12)23-17(24)10-22-18(25)11-27-19(26)9-13-4-2-3-5-15(13)21/h2-8H,9-11H2,1H3,(H,22,25)(H,23,24). The van der Waals surface area contributed by atoms with Crippen LogP contribution in [0.1, 0.15) is 11.1 Å². The minimum atomic E-state index is -0.731. The van der Waals surface area contributed by atoms with Crippen LogP contribution in [0.4, 0.5) is 10.1 Å². The summed E-state index contributed by atoms with van der Waals surface area (Å²) in [5.41, 5.74) is 1.69. The molecule has 6 nitrogen and oxygen atoms in total. The fourth-order valence-corrected chi connectivity index (χ4v) is 2.66. The third-order valence-corrected chi connectivity index (χ3v) is 4.06. The number of ether oxygens (including phenoxy) is 1. The Kier molecular flexibility index (Phi) is 7.48. The van der Waals surface area contributed by atoms with Gasteiger partial charge >= 0.3 is 5.97 Å². The molecule has 2 amide bonds. The van der Waals surface area contributed by atoms with E-state index in [0.29, 0.717) is 5.69 Å². The highest BCUT2D eigenvalue weighted by Crippen LogP contribution is 2.19. The van der Waals surface area contributed by atoms with E-state index in [1.54, 1.807) is 18.2 Å². The van der Waals surface area contributed by atoms with Gasteiger partial charge in [0.2, 0.25) is 5.91 Å². The van der Waals surface area contributed by atoms with Crippen LogP contribution in [0, 0.1) is 12.7 Å². The van der Waals surface area contributed by atoms with E-state index in [2.05, 4.69) is 26.6 Å². The number of aryl methyl sites for hydroxylation is 1. The molecule has 0 fully saturated rings. The minimum Gasteiger partial charge on any atom is -0.455 e. The molecule has 0 atom stereocenters. The zero-order valence-electron chi connectivity index (χ0n) is 14.6. The van der Waals surface area contributed by atoms with Gasteiger partial charge in [-0.25, -0.2) is 4.39 Å². The molecule has 0 aromatic heterocycles. The lowest BCUT2D eigenvalue weighted by Crippen LogP contribution is -2.35. The molecule has 2 aromatic carbocycles. The normalized spacial score (nSPS) is 10.2. The Morgan fingerprint density at radius 2 is 1.85 bits per heavy atom. The van der Waals surface area contributed by atoms with E-state index >= 15 is 0 Å². The predicted molar refractivity (Wildman–Crippen MR) is 102 cm³/mol. The molecule has 0 unspecified atom stereocenters. The molecule has 2 rings (SSSR count). The van der Waals surface area contributed by atoms with E-state index in [0.717, 1.165) is 10.0 Å². The van der Waals surface area contributed by atoms with Gasteiger partial charge in [0.15, 0.2) is 6.61 Å². The van der Waals surface area contributed by atoms with Crippen molar-refractivity contribution < 1.29 is 23.5 Å². The molecule has 0 bridgehead atoms. The van der Waals surface area contributed by atoms with Crippen molar-refractivity contribution in [1.29, 1.82) is 0 Å². The predicted octanol–water partition coefficient (Wildman–Crippen LogP) is 2.74. The highest BCUT2D eigenvalue weighted by molar-refractivity contribution is 9.10. The molecular weight excluding hydrogens is 419 g/mol. The highest BCUT2D eigenvalue weighted by Gasteiger charge is 2.12. The van der Waals surface area contributed by atoms with Crippen molar-refractivity contribution in [3.05, 3.63) is 63.9 Å². The number of nitrogens with one attached hydrogen (secondary N) is 2. The maximum Gasteiger partial charge on any atom is 0.310 e. The largest absolute Gasteiger partial charge is 0.455 e. The molecule has 27 heavy (non-hydrogen) atoms. The Hall–Kier alpha value is -2.74. The maximum absolute atomic E-state index is 13.5. The van der Waals surface area contributed by atoms with Gasteiger partial charge in [0.1, 0.15) is 5.82 Å². The van der Waals surface area contributed by atoms with Crippen LogP contribution >= 0.6 is 15.9 Å². The number of carbonyl (C=O) groups excluding carboxylic acids is 3. The number of benzene rings is 2. The third-order valence-electron chi connectivity index (χ3n) is 3.57. The fraction of sp³-hybridized carbons (Fsp3) is 0.211. The van der Waals surface area contributed by atoms with Gasteiger partial charge in [-0.15, -0.1) is 0 Å². The third kappa shape index (κ3) is 6.82. The monoisotopic (exact) mass is 436 g/mol. The average Bonchev–Trinajstić information content (AvgIpc) is 2.62. The Bertz CT molecular complexity index is 857. The van der Waals surface area contributed by atoms with Crippen LogP contribution in [0.5, 0.6) is 0 Å². The van der Waals surface area contributed by atoms with Crippen LogP contribution in [-0.2, 0) is 25.5 Å². The lowest BCUT2D eigenvalue weighted by molar-refractivity contribution is -0.147. The number of rotatable bonds is 7. The molecule has 2 N–H and O–H groups in total. The van der Waals surface area contributed by atoms with E-state index < -0.39 is 30.2 Å². The molecule has 0 heterocycles. The molecule has 0 aliphatic rings. The van der Waals surface area contributed by atoms with Crippen LogP contribution in [0.3, 0.4) is 0 Å². The van der Waals surface area contributed by atoms with Gasteiger partial charge in [0, 0.05) is 10.2 Å². The summed E-state index contributed by atoms with van der Waals surface area (Å²) in [6.07, 6.45) is -0.275. The van der Waals surface area contributed by atoms with E-state index in [-0.39, 0.29) is 18.5 Å². The zero-order valence-corrected chi connectivity index (χ0v) is 16.1. The van der Waals surface area contributed by atoms with E-state index in [1.807, 2.05) is 13.0 Å². The van der Waals surface area contributed by atoms with Gasteiger partial charge in [-0.1, -0.05) is 34.1 Å². The first-order valence-corrected chi connectivity index (χ1v) is 8.86. The molecule has 142 valence electrons. The molecule has 2 aromatic rings.